The fourth-order valence-corrected chi connectivity index (χ4v) is 3.78. The molecule has 6 nitrogen and oxygen atoms in total. The van der Waals surface area contributed by atoms with Gasteiger partial charge in [-0.15, -0.1) is 5.10 Å². The maximum Gasteiger partial charge on any atom is 0.222 e. The molecular formula is C18H21ClN4O2. The summed E-state index contributed by atoms with van der Waals surface area (Å²) in [5, 5.41) is 8.90. The summed E-state index contributed by atoms with van der Waals surface area (Å²) in [5.74, 6) is 0.208. The number of nitrogens with zero attached hydrogens (tertiary/aromatic N) is 4. The molecule has 7 heteroatoms. The maximum absolute atomic E-state index is 12.6. The highest BCUT2D eigenvalue weighted by Gasteiger charge is 2.37. The molecule has 1 aromatic heterocycles. The molecule has 0 radical (unpaired) electrons. The predicted octanol–water partition coefficient (Wildman–Crippen LogP) is 2.63. The summed E-state index contributed by atoms with van der Waals surface area (Å²) in [6, 6.07) is 7.90. The van der Waals surface area contributed by atoms with E-state index in [9.17, 15) is 4.79 Å². The summed E-state index contributed by atoms with van der Waals surface area (Å²) in [5.41, 5.74) is 2.20. The number of halogens is 1. The normalized spacial score (nSPS) is 22.4. The second kappa shape index (κ2) is 7.14. The van der Waals surface area contributed by atoms with Gasteiger partial charge < -0.3 is 9.64 Å². The van der Waals surface area contributed by atoms with Gasteiger partial charge in [-0.05, 0) is 37.0 Å². The lowest BCUT2D eigenvalue weighted by Gasteiger charge is -2.41. The van der Waals surface area contributed by atoms with Crippen molar-refractivity contribution in [1.29, 1.82) is 0 Å². The number of rotatable bonds is 4. The Kier molecular flexibility index (Phi) is 4.72. The van der Waals surface area contributed by atoms with E-state index in [4.69, 9.17) is 16.3 Å². The van der Waals surface area contributed by atoms with Gasteiger partial charge in [0, 0.05) is 24.5 Å². The number of carbonyl (C=O) groups is 1. The van der Waals surface area contributed by atoms with E-state index in [-0.39, 0.29) is 18.1 Å². The number of benzene rings is 1. The van der Waals surface area contributed by atoms with Crippen LogP contribution in [0.2, 0.25) is 5.02 Å². The number of likely N-dealkylation sites (tertiary alicyclic amines) is 1. The summed E-state index contributed by atoms with van der Waals surface area (Å²) in [6.07, 6.45) is 5.02. The smallest absolute Gasteiger partial charge is 0.222 e. The number of piperidine rings is 1. The van der Waals surface area contributed by atoms with E-state index in [1.165, 1.54) is 5.56 Å². The van der Waals surface area contributed by atoms with Gasteiger partial charge in [0.05, 0.1) is 30.6 Å². The first-order valence-electron chi connectivity index (χ1n) is 8.73. The largest absolute Gasteiger partial charge is 0.370 e. The topological polar surface area (TPSA) is 60.3 Å². The van der Waals surface area contributed by atoms with Crippen molar-refractivity contribution in [2.24, 2.45) is 0 Å². The van der Waals surface area contributed by atoms with Crippen molar-refractivity contribution in [2.45, 2.75) is 44.4 Å². The van der Waals surface area contributed by atoms with Crippen LogP contribution in [0.4, 0.5) is 0 Å². The van der Waals surface area contributed by atoms with Crippen LogP contribution in [0.1, 0.15) is 36.6 Å². The molecule has 2 aliphatic rings. The van der Waals surface area contributed by atoms with Crippen molar-refractivity contribution in [2.75, 3.05) is 13.1 Å². The highest BCUT2D eigenvalue weighted by atomic mass is 35.5. The van der Waals surface area contributed by atoms with Gasteiger partial charge in [-0.25, -0.2) is 4.68 Å². The molecule has 0 bridgehead atoms. The lowest BCUT2D eigenvalue weighted by molar-refractivity contribution is -0.138. The van der Waals surface area contributed by atoms with Crippen LogP contribution in [0.25, 0.3) is 0 Å². The minimum absolute atomic E-state index is 0.0835. The molecule has 25 heavy (non-hydrogen) atoms. The lowest BCUT2D eigenvalue weighted by Crippen LogP contribution is -2.49. The Balaban J connectivity index is 1.32. The van der Waals surface area contributed by atoms with Gasteiger partial charge >= 0.3 is 0 Å². The van der Waals surface area contributed by atoms with Crippen LogP contribution in [-0.2, 0) is 22.6 Å². The number of aryl methyl sites for hydroxylation is 1. The van der Waals surface area contributed by atoms with E-state index in [2.05, 4.69) is 10.3 Å². The third-order valence-electron chi connectivity index (χ3n) is 5.05. The van der Waals surface area contributed by atoms with Crippen LogP contribution >= 0.6 is 11.6 Å². The Bertz CT molecular complexity index is 746. The van der Waals surface area contributed by atoms with E-state index >= 15 is 0 Å². The van der Waals surface area contributed by atoms with Crippen molar-refractivity contribution in [3.63, 3.8) is 0 Å². The molecule has 1 aromatic carbocycles. The van der Waals surface area contributed by atoms with Crippen molar-refractivity contribution in [3.05, 3.63) is 46.7 Å². The predicted molar refractivity (Wildman–Crippen MR) is 93.2 cm³/mol. The van der Waals surface area contributed by atoms with Crippen molar-refractivity contribution < 1.29 is 9.53 Å². The van der Waals surface area contributed by atoms with Gasteiger partial charge in [-0.1, -0.05) is 28.9 Å². The van der Waals surface area contributed by atoms with E-state index in [1.54, 1.807) is 6.20 Å². The molecule has 0 spiro atoms. The molecule has 0 saturated carbocycles. The van der Waals surface area contributed by atoms with Gasteiger partial charge in [0.15, 0.2) is 0 Å². The first-order valence-corrected chi connectivity index (χ1v) is 9.11. The molecule has 3 heterocycles. The van der Waals surface area contributed by atoms with E-state index < -0.39 is 0 Å². The summed E-state index contributed by atoms with van der Waals surface area (Å²) < 4.78 is 7.83. The van der Waals surface area contributed by atoms with Gasteiger partial charge in [0.1, 0.15) is 0 Å². The molecular weight excluding hydrogens is 340 g/mol. The SMILES string of the molecule is O=C(CCCc1ccc(Cl)cc1)N1CC[C@@H]2OCc3cnnn3[C@H]2C1. The second-order valence-electron chi connectivity index (χ2n) is 6.70. The minimum atomic E-state index is 0.0835. The van der Waals surface area contributed by atoms with E-state index in [0.717, 1.165) is 36.5 Å². The van der Waals surface area contributed by atoms with Gasteiger partial charge in [0.2, 0.25) is 5.91 Å². The molecule has 2 aliphatic heterocycles. The second-order valence-corrected chi connectivity index (χ2v) is 7.13. The van der Waals surface area contributed by atoms with Gasteiger partial charge in [0.25, 0.3) is 0 Å². The first-order chi connectivity index (χ1) is 12.2. The number of hydrogen-bond donors (Lipinski definition) is 0. The van der Waals surface area contributed by atoms with Crippen LogP contribution in [0.15, 0.2) is 30.5 Å². The average molecular weight is 361 g/mol. The quantitative estimate of drug-likeness (QED) is 0.841. The zero-order valence-corrected chi connectivity index (χ0v) is 14.7. The number of ether oxygens (including phenoxy) is 1. The fraction of sp³-hybridized carbons (Fsp3) is 0.500. The molecule has 0 unspecified atom stereocenters. The third-order valence-corrected chi connectivity index (χ3v) is 5.30. The highest BCUT2D eigenvalue weighted by molar-refractivity contribution is 6.30. The van der Waals surface area contributed by atoms with Crippen LogP contribution in [0.3, 0.4) is 0 Å². The molecule has 1 saturated heterocycles. The number of fused-ring (bicyclic) bond motifs is 3. The fourth-order valence-electron chi connectivity index (χ4n) is 3.66. The highest BCUT2D eigenvalue weighted by Crippen LogP contribution is 2.30. The monoisotopic (exact) mass is 360 g/mol. The molecule has 4 rings (SSSR count). The number of carbonyl (C=O) groups excluding carboxylic acids is 1. The number of aromatic nitrogens is 3. The summed E-state index contributed by atoms with van der Waals surface area (Å²) in [6.45, 7) is 1.97. The summed E-state index contributed by atoms with van der Waals surface area (Å²) in [7, 11) is 0. The molecule has 0 aliphatic carbocycles. The molecule has 1 amide bonds. The first kappa shape index (κ1) is 16.5. The zero-order valence-electron chi connectivity index (χ0n) is 14.0. The summed E-state index contributed by atoms with van der Waals surface area (Å²) in [4.78, 5) is 14.5. The molecule has 2 atom stereocenters. The van der Waals surface area contributed by atoms with Crippen molar-refractivity contribution in [3.8, 4) is 0 Å². The van der Waals surface area contributed by atoms with E-state index in [1.807, 2.05) is 33.8 Å². The van der Waals surface area contributed by atoms with E-state index in [0.29, 0.717) is 19.6 Å². The summed E-state index contributed by atoms with van der Waals surface area (Å²) >= 11 is 5.90. The lowest BCUT2D eigenvalue weighted by atomic mass is 9.99. The molecule has 132 valence electrons. The molecule has 2 aromatic rings. The Labute approximate surface area is 151 Å². The molecule has 1 fully saturated rings. The number of amides is 1. The van der Waals surface area contributed by atoms with Crippen LogP contribution in [-0.4, -0.2) is 45.0 Å². The minimum Gasteiger partial charge on any atom is -0.370 e. The van der Waals surface area contributed by atoms with Crippen molar-refractivity contribution >= 4 is 17.5 Å². The maximum atomic E-state index is 12.6. The third kappa shape index (κ3) is 3.55. The average Bonchev–Trinajstić information content (AvgIpc) is 3.12. The molecule has 0 N–H and O–H groups in total. The standard InChI is InChI=1S/C18H21ClN4O2/c19-14-6-4-13(5-7-14)2-1-3-18(24)22-9-8-17-16(11-22)23-15(12-25-17)10-20-21-23/h4-7,10,16-17H,1-3,8-9,11-12H2/t16-,17-/m0/s1. The zero-order chi connectivity index (χ0) is 17.2. The Morgan fingerprint density at radius 3 is 3.00 bits per heavy atom. The van der Waals surface area contributed by atoms with Gasteiger partial charge in [-0.2, -0.15) is 0 Å². The van der Waals surface area contributed by atoms with Crippen LogP contribution in [0.5, 0.6) is 0 Å². The van der Waals surface area contributed by atoms with Gasteiger partial charge in [-0.3, -0.25) is 4.79 Å². The Morgan fingerprint density at radius 1 is 1.32 bits per heavy atom. The van der Waals surface area contributed by atoms with Crippen molar-refractivity contribution in [1.82, 2.24) is 19.9 Å². The Hall–Kier alpha value is -1.92. The number of hydrogen-bond acceptors (Lipinski definition) is 4. The van der Waals surface area contributed by atoms with Crippen LogP contribution in [0, 0.1) is 0 Å². The Morgan fingerprint density at radius 2 is 2.16 bits per heavy atom. The van der Waals surface area contributed by atoms with Crippen LogP contribution < -0.4 is 0 Å².